The normalized spacial score (nSPS) is 13.2. The maximum atomic E-state index is 13.1. The minimum absolute atomic E-state index is 0.0425. The third kappa shape index (κ3) is 4.37. The van der Waals surface area contributed by atoms with E-state index >= 15 is 0 Å². The van der Waals surface area contributed by atoms with Crippen LogP contribution in [0.2, 0.25) is 0 Å². The van der Waals surface area contributed by atoms with E-state index in [2.05, 4.69) is 10.3 Å². The van der Waals surface area contributed by atoms with E-state index in [0.29, 0.717) is 29.1 Å². The lowest BCUT2D eigenvalue weighted by Gasteiger charge is -2.11. The molecule has 0 spiro atoms. The summed E-state index contributed by atoms with van der Waals surface area (Å²) in [6, 6.07) is 19.3. The Kier molecular flexibility index (Phi) is 5.42. The quantitative estimate of drug-likeness (QED) is 0.486. The fraction of sp³-hybridized carbons (Fsp3) is 0.222. The number of methoxy groups -OCH3 is 1. The standard InChI is InChI=1S/C27H25N3O3/c1-17-3-6-20(26(31)29-21-8-9-21)13-24(17)19-7-12-23-25(14-19)28-16-30(27(23)32)15-18-4-10-22(33-2)11-5-18/h3-7,10-14,16,21H,8-9,15H2,1-2H3,(H,29,31). The van der Waals surface area contributed by atoms with Crippen LogP contribution in [0.3, 0.4) is 0 Å². The average Bonchev–Trinajstić information content (AvgIpc) is 3.65. The maximum Gasteiger partial charge on any atom is 0.261 e. The van der Waals surface area contributed by atoms with Crippen molar-refractivity contribution in [3.63, 3.8) is 0 Å². The number of carbonyl (C=O) groups excluding carboxylic acids is 1. The lowest BCUT2D eigenvalue weighted by Crippen LogP contribution is -2.25. The zero-order valence-electron chi connectivity index (χ0n) is 18.7. The van der Waals surface area contributed by atoms with Crippen LogP contribution in [0, 0.1) is 6.92 Å². The molecule has 4 aromatic rings. The van der Waals surface area contributed by atoms with Gasteiger partial charge in [0.1, 0.15) is 5.75 Å². The van der Waals surface area contributed by atoms with Crippen molar-refractivity contribution in [2.24, 2.45) is 0 Å². The SMILES string of the molecule is COc1ccc(Cn2cnc3cc(-c4cc(C(=O)NC5CC5)ccc4C)ccc3c2=O)cc1. The molecule has 1 amide bonds. The molecular formula is C27H25N3O3. The lowest BCUT2D eigenvalue weighted by molar-refractivity contribution is 0.0951. The van der Waals surface area contributed by atoms with Crippen LogP contribution in [0.15, 0.2) is 71.8 Å². The molecule has 1 fully saturated rings. The Morgan fingerprint density at radius 2 is 1.88 bits per heavy atom. The van der Waals surface area contributed by atoms with Crippen LogP contribution >= 0.6 is 0 Å². The maximum absolute atomic E-state index is 13.1. The number of nitrogens with one attached hydrogen (secondary N) is 1. The highest BCUT2D eigenvalue weighted by molar-refractivity contribution is 5.96. The van der Waals surface area contributed by atoms with Gasteiger partial charge in [0.15, 0.2) is 0 Å². The van der Waals surface area contributed by atoms with Crippen LogP contribution in [0.25, 0.3) is 22.0 Å². The molecule has 6 nitrogen and oxygen atoms in total. The number of benzene rings is 3. The largest absolute Gasteiger partial charge is 0.497 e. The molecule has 0 radical (unpaired) electrons. The van der Waals surface area contributed by atoms with Gasteiger partial charge in [0.25, 0.3) is 11.5 Å². The number of aryl methyl sites for hydroxylation is 1. The van der Waals surface area contributed by atoms with Gasteiger partial charge in [-0.05, 0) is 78.4 Å². The molecule has 0 unspecified atom stereocenters. The first-order chi connectivity index (χ1) is 16.0. The highest BCUT2D eigenvalue weighted by Crippen LogP contribution is 2.27. The first kappa shape index (κ1) is 20.9. The molecule has 0 atom stereocenters. The van der Waals surface area contributed by atoms with Gasteiger partial charge in [0, 0.05) is 11.6 Å². The summed E-state index contributed by atoms with van der Waals surface area (Å²) >= 11 is 0. The molecule has 1 aliphatic rings. The number of aromatic nitrogens is 2. The van der Waals surface area contributed by atoms with E-state index in [-0.39, 0.29) is 11.5 Å². The number of hydrogen-bond donors (Lipinski definition) is 1. The van der Waals surface area contributed by atoms with Crippen LogP contribution < -0.4 is 15.6 Å². The summed E-state index contributed by atoms with van der Waals surface area (Å²) in [6.07, 6.45) is 3.69. The van der Waals surface area contributed by atoms with Gasteiger partial charge in [-0.3, -0.25) is 14.2 Å². The first-order valence-corrected chi connectivity index (χ1v) is 11.1. The van der Waals surface area contributed by atoms with Gasteiger partial charge < -0.3 is 10.1 Å². The van der Waals surface area contributed by atoms with E-state index in [4.69, 9.17) is 4.74 Å². The van der Waals surface area contributed by atoms with E-state index in [9.17, 15) is 9.59 Å². The first-order valence-electron chi connectivity index (χ1n) is 11.1. The van der Waals surface area contributed by atoms with Gasteiger partial charge in [-0.2, -0.15) is 0 Å². The molecule has 5 rings (SSSR count). The van der Waals surface area contributed by atoms with E-state index in [1.54, 1.807) is 18.0 Å². The van der Waals surface area contributed by atoms with Crippen molar-refractivity contribution in [1.29, 1.82) is 0 Å². The number of hydrogen-bond acceptors (Lipinski definition) is 4. The topological polar surface area (TPSA) is 73.2 Å². The lowest BCUT2D eigenvalue weighted by atomic mass is 9.97. The Hall–Kier alpha value is -3.93. The summed E-state index contributed by atoms with van der Waals surface area (Å²) < 4.78 is 6.80. The highest BCUT2D eigenvalue weighted by atomic mass is 16.5. The zero-order chi connectivity index (χ0) is 22.9. The van der Waals surface area contributed by atoms with Crippen molar-refractivity contribution in [3.05, 3.63) is 94.0 Å². The second-order valence-corrected chi connectivity index (χ2v) is 8.54. The number of nitrogens with zero attached hydrogens (tertiary/aromatic N) is 2. The molecule has 1 saturated carbocycles. The highest BCUT2D eigenvalue weighted by Gasteiger charge is 2.24. The summed E-state index contributed by atoms with van der Waals surface area (Å²) in [5.41, 5.74) is 5.14. The van der Waals surface area contributed by atoms with Crippen LogP contribution in [0.4, 0.5) is 0 Å². The second kappa shape index (κ2) is 8.54. The van der Waals surface area contributed by atoms with Crippen molar-refractivity contribution in [2.75, 3.05) is 7.11 Å². The van der Waals surface area contributed by atoms with E-state index in [1.165, 1.54) is 0 Å². The summed E-state index contributed by atoms with van der Waals surface area (Å²) in [6.45, 7) is 2.45. The van der Waals surface area contributed by atoms with Gasteiger partial charge in [-0.1, -0.05) is 24.3 Å². The monoisotopic (exact) mass is 439 g/mol. The molecular weight excluding hydrogens is 414 g/mol. The smallest absolute Gasteiger partial charge is 0.261 e. The molecule has 0 saturated heterocycles. The van der Waals surface area contributed by atoms with Crippen LogP contribution in [0.5, 0.6) is 5.75 Å². The number of fused-ring (bicyclic) bond motifs is 1. The predicted molar refractivity (Wildman–Crippen MR) is 129 cm³/mol. The Morgan fingerprint density at radius 3 is 2.61 bits per heavy atom. The van der Waals surface area contributed by atoms with Gasteiger partial charge >= 0.3 is 0 Å². The number of amides is 1. The molecule has 6 heteroatoms. The Labute approximate surface area is 191 Å². The zero-order valence-corrected chi connectivity index (χ0v) is 18.7. The van der Waals surface area contributed by atoms with Gasteiger partial charge in [-0.15, -0.1) is 0 Å². The van der Waals surface area contributed by atoms with E-state index in [1.807, 2.05) is 67.6 Å². The Bertz CT molecular complexity index is 1400. The molecule has 1 N–H and O–H groups in total. The third-order valence-electron chi connectivity index (χ3n) is 6.06. The van der Waals surface area contributed by atoms with Crippen LogP contribution in [-0.2, 0) is 6.54 Å². The van der Waals surface area contributed by atoms with Crippen molar-refractivity contribution in [2.45, 2.75) is 32.4 Å². The van der Waals surface area contributed by atoms with Crippen molar-refractivity contribution in [3.8, 4) is 16.9 Å². The summed E-state index contributed by atoms with van der Waals surface area (Å²) in [7, 11) is 1.63. The molecule has 0 bridgehead atoms. The molecule has 1 heterocycles. The molecule has 0 aliphatic heterocycles. The minimum atomic E-state index is -0.0864. The van der Waals surface area contributed by atoms with Gasteiger partial charge in [0.2, 0.25) is 0 Å². The minimum Gasteiger partial charge on any atom is -0.497 e. The van der Waals surface area contributed by atoms with Gasteiger partial charge in [0.05, 0.1) is 30.9 Å². The predicted octanol–water partition coefficient (Wildman–Crippen LogP) is 4.32. The van der Waals surface area contributed by atoms with Crippen molar-refractivity contribution in [1.82, 2.24) is 14.9 Å². The third-order valence-corrected chi connectivity index (χ3v) is 6.06. The number of carbonyl (C=O) groups is 1. The van der Waals surface area contributed by atoms with E-state index in [0.717, 1.165) is 40.8 Å². The summed E-state index contributed by atoms with van der Waals surface area (Å²) in [5.74, 6) is 0.735. The van der Waals surface area contributed by atoms with Crippen LogP contribution in [0.1, 0.15) is 34.3 Å². The van der Waals surface area contributed by atoms with Crippen molar-refractivity contribution >= 4 is 16.8 Å². The molecule has 3 aromatic carbocycles. The number of ether oxygens (including phenoxy) is 1. The van der Waals surface area contributed by atoms with Gasteiger partial charge in [-0.25, -0.2) is 4.98 Å². The molecule has 1 aliphatic carbocycles. The average molecular weight is 440 g/mol. The molecule has 166 valence electrons. The fourth-order valence-corrected chi connectivity index (χ4v) is 3.94. The van der Waals surface area contributed by atoms with Crippen LogP contribution in [-0.4, -0.2) is 28.6 Å². The second-order valence-electron chi connectivity index (χ2n) is 8.54. The fourth-order valence-electron chi connectivity index (χ4n) is 3.94. The van der Waals surface area contributed by atoms with Crippen molar-refractivity contribution < 1.29 is 9.53 Å². The molecule has 33 heavy (non-hydrogen) atoms. The Balaban J connectivity index is 1.46. The van der Waals surface area contributed by atoms with E-state index < -0.39 is 0 Å². The molecule has 1 aromatic heterocycles. The summed E-state index contributed by atoms with van der Waals surface area (Å²) in [5, 5.41) is 3.60. The Morgan fingerprint density at radius 1 is 1.09 bits per heavy atom. The number of rotatable bonds is 6. The summed E-state index contributed by atoms with van der Waals surface area (Å²) in [4.78, 5) is 30.1.